The van der Waals surface area contributed by atoms with Crippen LogP contribution in [0.5, 0.6) is 11.5 Å². The van der Waals surface area contributed by atoms with Gasteiger partial charge in [-0.05, 0) is 29.8 Å². The molecule has 0 radical (unpaired) electrons. The summed E-state index contributed by atoms with van der Waals surface area (Å²) >= 11 is 12.2. The van der Waals surface area contributed by atoms with Crippen LogP contribution in [0.4, 0.5) is 0 Å². The van der Waals surface area contributed by atoms with E-state index < -0.39 is 0 Å². The van der Waals surface area contributed by atoms with Gasteiger partial charge in [0.1, 0.15) is 12.3 Å². The van der Waals surface area contributed by atoms with E-state index in [-0.39, 0.29) is 19.0 Å². The molecule has 2 aromatic heterocycles. The number of benzene rings is 1. The number of fused-ring (bicyclic) bond motifs is 2. The molecule has 0 aliphatic carbocycles. The summed E-state index contributed by atoms with van der Waals surface area (Å²) in [6, 6.07) is 7.02. The molecule has 1 aromatic carbocycles. The second-order valence-electron chi connectivity index (χ2n) is 6.14. The van der Waals surface area contributed by atoms with Crippen molar-refractivity contribution < 1.29 is 19.0 Å². The lowest BCUT2D eigenvalue weighted by atomic mass is 10.1. The Morgan fingerprint density at radius 1 is 1.19 bits per heavy atom. The smallest absolute Gasteiger partial charge is 0.310 e. The molecule has 8 heteroatoms. The molecule has 27 heavy (non-hydrogen) atoms. The maximum atomic E-state index is 12.2. The molecule has 0 spiro atoms. The molecule has 0 bridgehead atoms. The van der Waals surface area contributed by atoms with Gasteiger partial charge in [-0.2, -0.15) is 0 Å². The summed E-state index contributed by atoms with van der Waals surface area (Å²) in [5.74, 6) is 0.699. The Hall–Kier alpha value is -2.44. The number of nitrogens with zero attached hydrogens (tertiary/aromatic N) is 2. The number of pyridine rings is 1. The number of hydrogen-bond acceptors (Lipinski definition) is 5. The normalized spacial score (nSPS) is 13.4. The van der Waals surface area contributed by atoms with E-state index in [1.165, 1.54) is 0 Å². The van der Waals surface area contributed by atoms with Gasteiger partial charge in [0, 0.05) is 18.8 Å². The topological polar surface area (TPSA) is 62.1 Å². The van der Waals surface area contributed by atoms with Crippen LogP contribution in [-0.4, -0.2) is 28.6 Å². The molecule has 1 aliphatic heterocycles. The minimum Gasteiger partial charge on any atom is -0.489 e. The van der Waals surface area contributed by atoms with Gasteiger partial charge in [-0.15, -0.1) is 0 Å². The van der Waals surface area contributed by atoms with Crippen molar-refractivity contribution in [1.82, 2.24) is 9.38 Å². The standard InChI is InChI=1S/C19H16Cl2N2O4/c20-13-2-3-17-22-14(10-23(17)9-13)11-27-18(24)8-12-6-15(21)19-16(7-12)25-4-1-5-26-19/h2-3,6-7,9-10H,1,4-5,8,11H2. The average Bonchev–Trinajstić information content (AvgIpc) is 2.87. The Balaban J connectivity index is 1.41. The van der Waals surface area contributed by atoms with Crippen molar-refractivity contribution in [3.05, 3.63) is 58.0 Å². The van der Waals surface area contributed by atoms with Crippen LogP contribution < -0.4 is 9.47 Å². The lowest BCUT2D eigenvalue weighted by Crippen LogP contribution is -2.08. The fourth-order valence-electron chi connectivity index (χ4n) is 2.85. The SMILES string of the molecule is O=C(Cc1cc(Cl)c2c(c1)OCCCO2)OCc1cn2cc(Cl)ccc2n1. The fraction of sp³-hybridized carbons (Fsp3) is 0.263. The zero-order valence-corrected chi connectivity index (χ0v) is 15.8. The second-order valence-corrected chi connectivity index (χ2v) is 6.98. The van der Waals surface area contributed by atoms with Crippen LogP contribution in [0.15, 0.2) is 36.7 Å². The minimum absolute atomic E-state index is 0.0789. The Morgan fingerprint density at radius 3 is 2.93 bits per heavy atom. The molecule has 0 amide bonds. The first-order valence-corrected chi connectivity index (χ1v) is 9.21. The summed E-state index contributed by atoms with van der Waals surface area (Å²) in [5.41, 5.74) is 2.08. The lowest BCUT2D eigenvalue weighted by Gasteiger charge is -2.11. The highest BCUT2D eigenvalue weighted by atomic mass is 35.5. The van der Waals surface area contributed by atoms with Crippen LogP contribution >= 0.6 is 23.2 Å². The van der Waals surface area contributed by atoms with Crippen molar-refractivity contribution >= 4 is 34.8 Å². The molecule has 0 fully saturated rings. The molecular weight excluding hydrogens is 391 g/mol. The zero-order valence-electron chi connectivity index (χ0n) is 14.3. The first-order chi connectivity index (χ1) is 13.1. The lowest BCUT2D eigenvalue weighted by molar-refractivity contribution is -0.144. The van der Waals surface area contributed by atoms with Crippen LogP contribution in [0.2, 0.25) is 10.0 Å². The van der Waals surface area contributed by atoms with Gasteiger partial charge in [-0.3, -0.25) is 4.79 Å². The monoisotopic (exact) mass is 406 g/mol. The molecule has 0 N–H and O–H groups in total. The van der Waals surface area contributed by atoms with Crippen molar-refractivity contribution in [2.45, 2.75) is 19.4 Å². The Kier molecular flexibility index (Phi) is 5.09. The van der Waals surface area contributed by atoms with E-state index >= 15 is 0 Å². The molecule has 0 atom stereocenters. The molecule has 6 nitrogen and oxygen atoms in total. The van der Waals surface area contributed by atoms with Gasteiger partial charge in [0.25, 0.3) is 0 Å². The summed E-state index contributed by atoms with van der Waals surface area (Å²) in [5, 5.41) is 1.03. The van der Waals surface area contributed by atoms with E-state index in [1.54, 1.807) is 41.1 Å². The van der Waals surface area contributed by atoms with Crippen molar-refractivity contribution in [3.8, 4) is 11.5 Å². The molecular formula is C19H16Cl2N2O4. The predicted molar refractivity (Wildman–Crippen MR) is 101 cm³/mol. The number of halogens is 2. The molecule has 140 valence electrons. The molecule has 0 saturated carbocycles. The Morgan fingerprint density at radius 2 is 2.04 bits per heavy atom. The maximum Gasteiger partial charge on any atom is 0.310 e. The van der Waals surface area contributed by atoms with Crippen LogP contribution in [0.25, 0.3) is 5.65 Å². The van der Waals surface area contributed by atoms with Crippen molar-refractivity contribution in [3.63, 3.8) is 0 Å². The maximum absolute atomic E-state index is 12.2. The van der Waals surface area contributed by atoms with Crippen LogP contribution in [0.3, 0.4) is 0 Å². The van der Waals surface area contributed by atoms with Gasteiger partial charge >= 0.3 is 5.97 Å². The second kappa shape index (κ2) is 7.66. The third kappa shape index (κ3) is 4.12. The number of ether oxygens (including phenoxy) is 3. The van der Waals surface area contributed by atoms with Gasteiger partial charge in [0.2, 0.25) is 0 Å². The summed E-state index contributed by atoms with van der Waals surface area (Å²) in [7, 11) is 0. The molecule has 1 aliphatic rings. The van der Waals surface area contributed by atoms with Crippen molar-refractivity contribution in [2.75, 3.05) is 13.2 Å². The number of esters is 1. The van der Waals surface area contributed by atoms with E-state index in [4.69, 9.17) is 37.4 Å². The van der Waals surface area contributed by atoms with E-state index in [2.05, 4.69) is 4.98 Å². The molecule has 0 unspecified atom stereocenters. The number of carbonyl (C=O) groups excluding carboxylic acids is 1. The van der Waals surface area contributed by atoms with E-state index in [0.29, 0.717) is 46.0 Å². The van der Waals surface area contributed by atoms with Crippen LogP contribution in [0.1, 0.15) is 17.7 Å². The number of carbonyl (C=O) groups is 1. The molecule has 0 saturated heterocycles. The number of hydrogen-bond donors (Lipinski definition) is 0. The highest BCUT2D eigenvalue weighted by Gasteiger charge is 2.17. The summed E-state index contributed by atoms with van der Waals surface area (Å²) in [6.45, 7) is 1.18. The third-order valence-corrected chi connectivity index (χ3v) is 4.56. The quantitative estimate of drug-likeness (QED) is 0.610. The summed E-state index contributed by atoms with van der Waals surface area (Å²) < 4.78 is 18.4. The predicted octanol–water partition coefficient (Wildman–Crippen LogP) is 4.09. The zero-order chi connectivity index (χ0) is 18.8. The number of rotatable bonds is 4. The van der Waals surface area contributed by atoms with Gasteiger partial charge < -0.3 is 18.6 Å². The van der Waals surface area contributed by atoms with Crippen molar-refractivity contribution in [1.29, 1.82) is 0 Å². The van der Waals surface area contributed by atoms with Crippen LogP contribution in [-0.2, 0) is 22.6 Å². The third-order valence-electron chi connectivity index (χ3n) is 4.06. The summed E-state index contributed by atoms with van der Waals surface area (Å²) in [6.07, 6.45) is 4.38. The largest absolute Gasteiger partial charge is 0.489 e. The average molecular weight is 407 g/mol. The number of aromatic nitrogens is 2. The molecule has 4 rings (SSSR count). The van der Waals surface area contributed by atoms with E-state index in [0.717, 1.165) is 12.1 Å². The van der Waals surface area contributed by atoms with E-state index in [9.17, 15) is 4.79 Å². The van der Waals surface area contributed by atoms with Gasteiger partial charge in [-0.25, -0.2) is 4.98 Å². The van der Waals surface area contributed by atoms with Gasteiger partial charge in [-0.1, -0.05) is 23.2 Å². The Labute approximate surface area is 165 Å². The van der Waals surface area contributed by atoms with Crippen LogP contribution in [0, 0.1) is 0 Å². The summed E-state index contributed by atoms with van der Waals surface area (Å²) in [4.78, 5) is 16.6. The van der Waals surface area contributed by atoms with E-state index in [1.807, 2.05) is 0 Å². The van der Waals surface area contributed by atoms with Gasteiger partial charge in [0.05, 0.1) is 35.4 Å². The van der Waals surface area contributed by atoms with Crippen molar-refractivity contribution in [2.24, 2.45) is 0 Å². The minimum atomic E-state index is -0.379. The highest BCUT2D eigenvalue weighted by molar-refractivity contribution is 6.32. The number of imidazole rings is 1. The molecule has 3 heterocycles. The Bertz CT molecular complexity index is 1000. The van der Waals surface area contributed by atoms with Gasteiger partial charge in [0.15, 0.2) is 11.5 Å². The fourth-order valence-corrected chi connectivity index (χ4v) is 3.30. The highest BCUT2D eigenvalue weighted by Crippen LogP contribution is 2.38. The first kappa shape index (κ1) is 17.9. The molecule has 3 aromatic rings. The first-order valence-electron chi connectivity index (χ1n) is 8.45.